The van der Waals surface area contributed by atoms with Crippen LogP contribution in [0.2, 0.25) is 0 Å². The summed E-state index contributed by atoms with van der Waals surface area (Å²) < 4.78 is 14.5. The van der Waals surface area contributed by atoms with Crippen LogP contribution in [-0.2, 0) is 4.79 Å². The molecule has 3 heterocycles. The highest BCUT2D eigenvalue weighted by Crippen LogP contribution is 2.43. The van der Waals surface area contributed by atoms with Crippen LogP contribution in [-0.4, -0.2) is 27.0 Å². The molecule has 0 aliphatic carbocycles. The Morgan fingerprint density at radius 2 is 2.00 bits per heavy atom. The van der Waals surface area contributed by atoms with Crippen LogP contribution in [0.15, 0.2) is 58.6 Å². The lowest BCUT2D eigenvalue weighted by Crippen LogP contribution is -2.31. The quantitative estimate of drug-likeness (QED) is 0.693. The summed E-state index contributed by atoms with van der Waals surface area (Å²) in [5.41, 5.74) is 1.34. The molecule has 130 valence electrons. The number of hydrogen-bond donors (Lipinski definition) is 1. The normalized spacial score (nSPS) is 17.2. The first kappa shape index (κ1) is 16.6. The third-order valence-corrected chi connectivity index (χ3v) is 5.51. The summed E-state index contributed by atoms with van der Waals surface area (Å²) in [4.78, 5) is 27.1. The molecule has 1 atom stereocenters. The number of anilines is 1. The molecule has 1 aromatic carbocycles. The molecular weight excluding hydrogens is 377 g/mol. The van der Waals surface area contributed by atoms with Crippen LogP contribution in [0, 0.1) is 5.82 Å². The van der Waals surface area contributed by atoms with Gasteiger partial charge < -0.3 is 5.11 Å². The standard InChI is InChI=1S/C17H10FN3O3S2/c18-10-5-2-1-4-9(10)13-12(14(22)11-6-3-7-25-11)15(23)16(24)21(13)17-20-19-8-26-17/h1-8,13,23H/t13-/m0/s1. The number of halogens is 1. The van der Waals surface area contributed by atoms with Crippen LogP contribution in [0.25, 0.3) is 0 Å². The molecular formula is C17H10FN3O3S2. The van der Waals surface area contributed by atoms with Gasteiger partial charge in [0.2, 0.25) is 10.9 Å². The average molecular weight is 387 g/mol. The van der Waals surface area contributed by atoms with Crippen molar-refractivity contribution in [1.29, 1.82) is 0 Å². The van der Waals surface area contributed by atoms with Crippen molar-refractivity contribution >= 4 is 39.5 Å². The maximum Gasteiger partial charge on any atom is 0.296 e. The molecule has 0 radical (unpaired) electrons. The first-order chi connectivity index (χ1) is 12.6. The number of aliphatic hydroxyl groups excluding tert-OH is 1. The second kappa shape index (κ2) is 6.43. The van der Waals surface area contributed by atoms with E-state index < -0.39 is 29.3 Å². The average Bonchev–Trinajstić information content (AvgIpc) is 3.37. The van der Waals surface area contributed by atoms with Crippen LogP contribution < -0.4 is 4.90 Å². The maximum absolute atomic E-state index is 14.5. The summed E-state index contributed by atoms with van der Waals surface area (Å²) in [6.07, 6.45) is 0. The van der Waals surface area contributed by atoms with Gasteiger partial charge in [0.25, 0.3) is 5.91 Å². The number of aliphatic hydroxyl groups is 1. The SMILES string of the molecule is O=C(C1=C(O)C(=O)N(c2nncs2)[C@H]1c1ccccc1F)c1cccs1. The number of thiophene rings is 1. The third-order valence-electron chi connectivity index (χ3n) is 3.95. The number of amides is 1. The molecule has 9 heteroatoms. The fourth-order valence-electron chi connectivity index (χ4n) is 2.84. The molecule has 1 amide bonds. The Hall–Kier alpha value is -2.91. The van der Waals surface area contributed by atoms with Crippen LogP contribution in [0.3, 0.4) is 0 Å². The van der Waals surface area contributed by atoms with E-state index in [-0.39, 0.29) is 16.3 Å². The minimum absolute atomic E-state index is 0.0972. The van der Waals surface area contributed by atoms with Gasteiger partial charge >= 0.3 is 0 Å². The lowest BCUT2D eigenvalue weighted by Gasteiger charge is -2.24. The molecule has 0 saturated carbocycles. The number of aromatic nitrogens is 2. The fraction of sp³-hybridized carbons (Fsp3) is 0.0588. The van der Waals surface area contributed by atoms with Crippen molar-refractivity contribution in [3.05, 3.63) is 74.9 Å². The van der Waals surface area contributed by atoms with E-state index in [4.69, 9.17) is 0 Å². The molecule has 0 fully saturated rings. The topological polar surface area (TPSA) is 83.4 Å². The molecule has 3 aromatic rings. The lowest BCUT2D eigenvalue weighted by atomic mass is 9.95. The van der Waals surface area contributed by atoms with Crippen LogP contribution in [0.1, 0.15) is 21.3 Å². The number of ketones is 1. The van der Waals surface area contributed by atoms with E-state index in [1.807, 2.05) is 0 Å². The first-order valence-electron chi connectivity index (χ1n) is 7.45. The Labute approximate surface area is 154 Å². The number of hydrogen-bond acceptors (Lipinski definition) is 7. The predicted molar refractivity (Wildman–Crippen MR) is 94.8 cm³/mol. The number of carbonyl (C=O) groups is 2. The Bertz CT molecular complexity index is 1020. The van der Waals surface area contributed by atoms with Gasteiger partial charge in [-0.15, -0.1) is 21.5 Å². The van der Waals surface area contributed by atoms with Crippen molar-refractivity contribution in [2.24, 2.45) is 0 Å². The minimum atomic E-state index is -1.12. The third kappa shape index (κ3) is 2.52. The highest BCUT2D eigenvalue weighted by atomic mass is 32.1. The zero-order valence-corrected chi connectivity index (χ0v) is 14.6. The van der Waals surface area contributed by atoms with Crippen molar-refractivity contribution in [2.45, 2.75) is 6.04 Å². The van der Waals surface area contributed by atoms with E-state index in [0.29, 0.717) is 4.88 Å². The molecule has 1 N–H and O–H groups in total. The van der Waals surface area contributed by atoms with Gasteiger partial charge in [0, 0.05) is 5.56 Å². The smallest absolute Gasteiger partial charge is 0.296 e. The van der Waals surface area contributed by atoms with E-state index in [2.05, 4.69) is 10.2 Å². The summed E-state index contributed by atoms with van der Waals surface area (Å²) in [7, 11) is 0. The molecule has 6 nitrogen and oxygen atoms in total. The maximum atomic E-state index is 14.5. The fourth-order valence-corrected chi connectivity index (χ4v) is 4.10. The van der Waals surface area contributed by atoms with E-state index in [1.54, 1.807) is 23.6 Å². The van der Waals surface area contributed by atoms with Crippen LogP contribution in [0.4, 0.5) is 9.52 Å². The molecule has 26 heavy (non-hydrogen) atoms. The monoisotopic (exact) mass is 387 g/mol. The second-order valence-electron chi connectivity index (χ2n) is 5.39. The Kier molecular flexibility index (Phi) is 4.09. The summed E-state index contributed by atoms with van der Waals surface area (Å²) in [6, 6.07) is 7.98. The van der Waals surface area contributed by atoms with E-state index in [1.165, 1.54) is 35.0 Å². The van der Waals surface area contributed by atoms with Crippen LogP contribution in [0.5, 0.6) is 0 Å². The lowest BCUT2D eigenvalue weighted by molar-refractivity contribution is -0.117. The van der Waals surface area contributed by atoms with Crippen molar-refractivity contribution in [3.63, 3.8) is 0 Å². The Morgan fingerprint density at radius 3 is 2.65 bits per heavy atom. The molecule has 1 aliphatic heterocycles. The van der Waals surface area contributed by atoms with Crippen molar-refractivity contribution < 1.29 is 19.1 Å². The highest BCUT2D eigenvalue weighted by Gasteiger charge is 2.46. The molecule has 4 rings (SSSR count). The molecule has 1 aliphatic rings. The Balaban J connectivity index is 1.91. The molecule has 0 unspecified atom stereocenters. The largest absolute Gasteiger partial charge is 0.503 e. The zero-order valence-electron chi connectivity index (χ0n) is 13.0. The molecule has 0 spiro atoms. The van der Waals surface area contributed by atoms with Gasteiger partial charge in [0.1, 0.15) is 17.4 Å². The van der Waals surface area contributed by atoms with E-state index in [0.717, 1.165) is 16.2 Å². The van der Waals surface area contributed by atoms with Gasteiger partial charge in [-0.2, -0.15) is 0 Å². The predicted octanol–water partition coefficient (Wildman–Crippen LogP) is 3.52. The zero-order chi connectivity index (χ0) is 18.3. The van der Waals surface area contributed by atoms with E-state index >= 15 is 0 Å². The number of carbonyl (C=O) groups excluding carboxylic acids is 2. The van der Waals surface area contributed by atoms with Crippen molar-refractivity contribution in [3.8, 4) is 0 Å². The summed E-state index contributed by atoms with van der Waals surface area (Å²) in [5.74, 6) is -2.63. The van der Waals surface area contributed by atoms with Crippen LogP contribution >= 0.6 is 22.7 Å². The van der Waals surface area contributed by atoms with Gasteiger partial charge in [-0.05, 0) is 17.5 Å². The number of nitrogens with zero attached hydrogens (tertiary/aromatic N) is 3. The van der Waals surface area contributed by atoms with Gasteiger partial charge in [-0.1, -0.05) is 35.6 Å². The van der Waals surface area contributed by atoms with Crippen molar-refractivity contribution in [2.75, 3.05) is 4.90 Å². The summed E-state index contributed by atoms with van der Waals surface area (Å²) in [6.45, 7) is 0. The van der Waals surface area contributed by atoms with Gasteiger partial charge in [-0.3, -0.25) is 14.5 Å². The summed E-state index contributed by atoms with van der Waals surface area (Å²) >= 11 is 2.23. The summed E-state index contributed by atoms with van der Waals surface area (Å²) in [5, 5.41) is 19.8. The Morgan fingerprint density at radius 1 is 1.19 bits per heavy atom. The number of benzene rings is 1. The molecule has 0 bridgehead atoms. The first-order valence-corrected chi connectivity index (χ1v) is 9.21. The second-order valence-corrected chi connectivity index (χ2v) is 7.15. The molecule has 2 aromatic heterocycles. The highest BCUT2D eigenvalue weighted by molar-refractivity contribution is 7.13. The molecule has 0 saturated heterocycles. The van der Waals surface area contributed by atoms with Gasteiger partial charge in [-0.25, -0.2) is 4.39 Å². The van der Waals surface area contributed by atoms with E-state index in [9.17, 15) is 19.1 Å². The number of rotatable bonds is 4. The number of Topliss-reactive ketones (excluding diaryl/α,β-unsaturated/α-hetero) is 1. The van der Waals surface area contributed by atoms with Gasteiger partial charge in [0.05, 0.1) is 10.5 Å². The van der Waals surface area contributed by atoms with Gasteiger partial charge in [0.15, 0.2) is 5.76 Å². The van der Waals surface area contributed by atoms with Crippen molar-refractivity contribution in [1.82, 2.24) is 10.2 Å². The minimum Gasteiger partial charge on any atom is -0.503 e.